The van der Waals surface area contributed by atoms with Crippen molar-refractivity contribution in [1.29, 1.82) is 0 Å². The number of benzene rings is 2. The molecule has 37 heavy (non-hydrogen) atoms. The van der Waals surface area contributed by atoms with Crippen molar-refractivity contribution in [3.63, 3.8) is 0 Å². The summed E-state index contributed by atoms with van der Waals surface area (Å²) in [5.74, 6) is 8.12. The van der Waals surface area contributed by atoms with Gasteiger partial charge in [0, 0.05) is 36.2 Å². The Morgan fingerprint density at radius 1 is 0.865 bits per heavy atom. The Morgan fingerprint density at radius 2 is 1.38 bits per heavy atom. The Kier molecular flexibility index (Phi) is 9.91. The van der Waals surface area contributed by atoms with Crippen LogP contribution in [0.4, 0.5) is 14.5 Å². The SMILES string of the molecule is COC(=O)[C@@H](NC(=O)c1ccc(C#CC#Cc2ccc(NC(C)=O)cc2)cc1)C(C)(NC(C)=O)C(F)F. The molecule has 2 atom stereocenters. The van der Waals surface area contributed by atoms with Crippen molar-refractivity contribution in [2.24, 2.45) is 0 Å². The zero-order valence-electron chi connectivity index (χ0n) is 20.6. The third-order valence-corrected chi connectivity index (χ3v) is 5.04. The molecule has 8 nitrogen and oxygen atoms in total. The molecule has 2 rings (SSSR count). The zero-order chi connectivity index (χ0) is 27.6. The topological polar surface area (TPSA) is 114 Å². The lowest BCUT2D eigenvalue weighted by Gasteiger charge is -2.36. The van der Waals surface area contributed by atoms with Crippen molar-refractivity contribution in [3.8, 4) is 23.7 Å². The summed E-state index contributed by atoms with van der Waals surface area (Å²) in [6, 6.07) is 10.9. The van der Waals surface area contributed by atoms with E-state index in [1.807, 2.05) is 5.32 Å². The maximum Gasteiger partial charge on any atom is 0.331 e. The highest BCUT2D eigenvalue weighted by Gasteiger charge is 2.49. The third-order valence-electron chi connectivity index (χ3n) is 5.04. The van der Waals surface area contributed by atoms with Crippen LogP contribution in [0.3, 0.4) is 0 Å². The second-order valence-electron chi connectivity index (χ2n) is 8.03. The van der Waals surface area contributed by atoms with Crippen LogP contribution in [0, 0.1) is 23.7 Å². The Bertz CT molecular complexity index is 1290. The molecule has 0 fully saturated rings. The van der Waals surface area contributed by atoms with Gasteiger partial charge in [0.1, 0.15) is 5.54 Å². The van der Waals surface area contributed by atoms with Crippen molar-refractivity contribution in [1.82, 2.24) is 10.6 Å². The predicted molar refractivity (Wildman–Crippen MR) is 132 cm³/mol. The van der Waals surface area contributed by atoms with Gasteiger partial charge >= 0.3 is 5.97 Å². The molecule has 0 aromatic heterocycles. The van der Waals surface area contributed by atoms with E-state index < -0.39 is 35.8 Å². The lowest BCUT2D eigenvalue weighted by molar-refractivity contribution is -0.148. The highest BCUT2D eigenvalue weighted by molar-refractivity contribution is 5.97. The Balaban J connectivity index is 2.13. The molecule has 0 saturated heterocycles. The summed E-state index contributed by atoms with van der Waals surface area (Å²) in [5, 5.41) is 6.92. The molecule has 10 heteroatoms. The molecular formula is C27H25F2N3O5. The van der Waals surface area contributed by atoms with Gasteiger partial charge in [0.25, 0.3) is 12.3 Å². The summed E-state index contributed by atoms with van der Waals surface area (Å²) in [6.45, 7) is 3.38. The van der Waals surface area contributed by atoms with Gasteiger partial charge in [-0.3, -0.25) is 14.4 Å². The molecule has 2 aromatic rings. The Labute approximate surface area is 213 Å². The number of carbonyl (C=O) groups is 4. The predicted octanol–water partition coefficient (Wildman–Crippen LogP) is 2.48. The normalized spacial score (nSPS) is 12.4. The van der Waals surface area contributed by atoms with Crippen LogP contribution in [0.2, 0.25) is 0 Å². The number of amides is 3. The number of halogens is 2. The molecule has 0 aliphatic carbocycles. The molecular weight excluding hydrogens is 484 g/mol. The van der Waals surface area contributed by atoms with E-state index in [0.29, 0.717) is 16.8 Å². The molecule has 0 aliphatic heterocycles. The second kappa shape index (κ2) is 12.8. The molecule has 3 N–H and O–H groups in total. The summed E-state index contributed by atoms with van der Waals surface area (Å²) < 4.78 is 32.2. The monoisotopic (exact) mass is 509 g/mol. The van der Waals surface area contributed by atoms with Gasteiger partial charge in [-0.05, 0) is 67.3 Å². The van der Waals surface area contributed by atoms with Crippen molar-refractivity contribution >= 4 is 29.4 Å². The van der Waals surface area contributed by atoms with Crippen molar-refractivity contribution < 1.29 is 32.7 Å². The minimum absolute atomic E-state index is 0.0734. The molecule has 0 saturated carbocycles. The van der Waals surface area contributed by atoms with E-state index in [-0.39, 0.29) is 11.5 Å². The largest absolute Gasteiger partial charge is 0.467 e. The number of alkyl halides is 2. The zero-order valence-corrected chi connectivity index (χ0v) is 20.6. The van der Waals surface area contributed by atoms with Crippen molar-refractivity contribution in [2.75, 3.05) is 12.4 Å². The number of methoxy groups -OCH3 is 1. The maximum absolute atomic E-state index is 13.8. The first kappa shape index (κ1) is 28.5. The van der Waals surface area contributed by atoms with Crippen LogP contribution in [-0.2, 0) is 19.1 Å². The number of ether oxygens (including phenoxy) is 1. The number of carbonyl (C=O) groups excluding carboxylic acids is 4. The number of rotatable bonds is 7. The molecule has 3 amide bonds. The summed E-state index contributed by atoms with van der Waals surface area (Å²) in [5.41, 5.74) is -0.440. The summed E-state index contributed by atoms with van der Waals surface area (Å²) >= 11 is 0. The summed E-state index contributed by atoms with van der Waals surface area (Å²) in [7, 11) is 0.984. The first-order chi connectivity index (χ1) is 17.5. The lowest BCUT2D eigenvalue weighted by atomic mass is 9.91. The standard InChI is InChI=1S/C27H25F2N3O5/c1-17(33)30-22-15-11-20(12-16-22)8-6-5-7-19-9-13-21(14-10-19)24(35)31-23(25(36)37-4)27(3,26(28)29)32-18(2)34/h9-16,23,26H,1-4H3,(H,30,33)(H,31,35)(H,32,34)/t23-,27?/m1/s1. The van der Waals surface area contributed by atoms with E-state index in [1.165, 1.54) is 31.2 Å². The van der Waals surface area contributed by atoms with E-state index in [0.717, 1.165) is 21.0 Å². The van der Waals surface area contributed by atoms with Gasteiger partial charge in [-0.2, -0.15) is 0 Å². The van der Waals surface area contributed by atoms with E-state index in [9.17, 15) is 28.0 Å². The van der Waals surface area contributed by atoms with Crippen LogP contribution in [0.25, 0.3) is 0 Å². The number of esters is 1. The molecule has 2 aromatic carbocycles. The minimum atomic E-state index is -3.19. The smallest absolute Gasteiger partial charge is 0.331 e. The van der Waals surface area contributed by atoms with Crippen LogP contribution >= 0.6 is 0 Å². The summed E-state index contributed by atoms with van der Waals surface area (Å²) in [4.78, 5) is 47.4. The average molecular weight is 510 g/mol. The fraction of sp³-hybridized carbons (Fsp3) is 0.259. The Hall–Kier alpha value is -4.70. The number of nitrogens with one attached hydrogen (secondary N) is 3. The molecule has 192 valence electrons. The van der Waals surface area contributed by atoms with Gasteiger partial charge in [-0.25, -0.2) is 13.6 Å². The minimum Gasteiger partial charge on any atom is -0.467 e. The molecule has 0 spiro atoms. The molecule has 1 unspecified atom stereocenters. The molecule has 0 bridgehead atoms. The molecule has 0 heterocycles. The van der Waals surface area contributed by atoms with Gasteiger partial charge in [-0.1, -0.05) is 11.8 Å². The quantitative estimate of drug-likeness (QED) is 0.392. The van der Waals surface area contributed by atoms with E-state index in [1.54, 1.807) is 24.3 Å². The highest BCUT2D eigenvalue weighted by Crippen LogP contribution is 2.22. The van der Waals surface area contributed by atoms with E-state index in [2.05, 4.69) is 39.1 Å². The fourth-order valence-corrected chi connectivity index (χ4v) is 3.17. The van der Waals surface area contributed by atoms with E-state index in [4.69, 9.17) is 0 Å². The van der Waals surface area contributed by atoms with Crippen LogP contribution in [0.5, 0.6) is 0 Å². The van der Waals surface area contributed by atoms with Gasteiger partial charge in [0.15, 0.2) is 6.04 Å². The Morgan fingerprint density at radius 3 is 1.81 bits per heavy atom. The second-order valence-corrected chi connectivity index (χ2v) is 8.03. The van der Waals surface area contributed by atoms with Gasteiger partial charge < -0.3 is 20.7 Å². The lowest BCUT2D eigenvalue weighted by Crippen LogP contribution is -2.67. The van der Waals surface area contributed by atoms with Gasteiger partial charge in [0.2, 0.25) is 11.8 Å². The van der Waals surface area contributed by atoms with Crippen LogP contribution in [-0.4, -0.2) is 48.8 Å². The van der Waals surface area contributed by atoms with Gasteiger partial charge in [-0.15, -0.1) is 0 Å². The van der Waals surface area contributed by atoms with Crippen LogP contribution in [0.15, 0.2) is 48.5 Å². The first-order valence-electron chi connectivity index (χ1n) is 10.9. The average Bonchev–Trinajstić information content (AvgIpc) is 2.85. The van der Waals surface area contributed by atoms with Gasteiger partial charge in [0.05, 0.1) is 7.11 Å². The highest BCUT2D eigenvalue weighted by atomic mass is 19.3. The molecule has 0 radical (unpaired) electrons. The third kappa shape index (κ3) is 8.18. The number of anilines is 1. The number of hydrogen-bond acceptors (Lipinski definition) is 5. The number of hydrogen-bond donors (Lipinski definition) is 3. The van der Waals surface area contributed by atoms with Crippen LogP contribution < -0.4 is 16.0 Å². The fourth-order valence-electron chi connectivity index (χ4n) is 3.17. The van der Waals surface area contributed by atoms with E-state index >= 15 is 0 Å². The maximum atomic E-state index is 13.8. The van der Waals surface area contributed by atoms with Crippen molar-refractivity contribution in [3.05, 3.63) is 65.2 Å². The molecule has 0 aliphatic rings. The van der Waals surface area contributed by atoms with Crippen molar-refractivity contribution in [2.45, 2.75) is 38.8 Å². The van der Waals surface area contributed by atoms with Crippen LogP contribution in [0.1, 0.15) is 42.3 Å². The first-order valence-corrected chi connectivity index (χ1v) is 10.9. The summed E-state index contributed by atoms with van der Waals surface area (Å²) in [6.07, 6.45) is -3.19.